The van der Waals surface area contributed by atoms with Crippen molar-refractivity contribution in [2.75, 3.05) is 6.61 Å². The van der Waals surface area contributed by atoms with E-state index in [1.54, 1.807) is 11.3 Å². The molecule has 1 amide bonds. The molecule has 0 spiro atoms. The number of thiophene rings is 1. The fraction of sp³-hybridized carbons (Fsp3) is 0.182. The average Bonchev–Trinajstić information content (AvgIpc) is 2.62. The van der Waals surface area contributed by atoms with E-state index in [9.17, 15) is 4.79 Å². The maximum Gasteiger partial charge on any atom is 0.404 e. The summed E-state index contributed by atoms with van der Waals surface area (Å²) in [5.41, 5.74) is 6.09. The number of nitrogens with two attached hydrogens (primary N) is 1. The second-order valence-corrected chi connectivity index (χ2v) is 4.09. The van der Waals surface area contributed by atoms with Gasteiger partial charge < -0.3 is 10.5 Å². The normalized spacial score (nSPS) is 10.4. The molecule has 0 aliphatic carbocycles. The standard InChI is InChI=1S/C11H11NO2S/c12-11(13)14-6-5-8-7-15-10-4-2-1-3-9(8)10/h1-4,7H,5-6H2,(H2,12,13). The van der Waals surface area contributed by atoms with Gasteiger partial charge in [0.1, 0.15) is 0 Å². The van der Waals surface area contributed by atoms with Crippen LogP contribution in [0.3, 0.4) is 0 Å². The molecule has 2 aromatic rings. The molecule has 78 valence electrons. The van der Waals surface area contributed by atoms with E-state index >= 15 is 0 Å². The molecule has 0 bridgehead atoms. The van der Waals surface area contributed by atoms with Crippen molar-refractivity contribution in [2.45, 2.75) is 6.42 Å². The molecule has 0 radical (unpaired) electrons. The van der Waals surface area contributed by atoms with E-state index in [4.69, 9.17) is 10.5 Å². The highest BCUT2D eigenvalue weighted by Gasteiger charge is 2.03. The van der Waals surface area contributed by atoms with E-state index in [2.05, 4.69) is 17.5 Å². The van der Waals surface area contributed by atoms with Crippen molar-refractivity contribution in [1.82, 2.24) is 0 Å². The number of rotatable bonds is 3. The van der Waals surface area contributed by atoms with Crippen LogP contribution < -0.4 is 5.73 Å². The molecular formula is C11H11NO2S. The highest BCUT2D eigenvalue weighted by atomic mass is 32.1. The Hall–Kier alpha value is -1.55. The Balaban J connectivity index is 2.11. The van der Waals surface area contributed by atoms with Crippen molar-refractivity contribution < 1.29 is 9.53 Å². The molecule has 4 heteroatoms. The zero-order valence-electron chi connectivity index (χ0n) is 8.10. The predicted octanol–water partition coefficient (Wildman–Crippen LogP) is 2.54. The molecule has 1 aromatic carbocycles. The van der Waals surface area contributed by atoms with Crippen LogP contribution in [0.5, 0.6) is 0 Å². The Bertz CT molecular complexity index is 478. The summed E-state index contributed by atoms with van der Waals surface area (Å²) in [7, 11) is 0. The van der Waals surface area contributed by atoms with E-state index in [0.717, 1.165) is 0 Å². The summed E-state index contributed by atoms with van der Waals surface area (Å²) in [5, 5.41) is 3.32. The second-order valence-electron chi connectivity index (χ2n) is 3.17. The number of ether oxygens (including phenoxy) is 1. The number of hydrogen-bond acceptors (Lipinski definition) is 3. The molecule has 2 rings (SSSR count). The van der Waals surface area contributed by atoms with Crippen LogP contribution in [0.1, 0.15) is 5.56 Å². The van der Waals surface area contributed by atoms with Crippen LogP contribution in [0.2, 0.25) is 0 Å². The number of hydrogen-bond donors (Lipinski definition) is 1. The molecular weight excluding hydrogens is 210 g/mol. The zero-order valence-corrected chi connectivity index (χ0v) is 8.92. The molecule has 0 saturated carbocycles. The summed E-state index contributed by atoms with van der Waals surface area (Å²) in [4.78, 5) is 10.4. The van der Waals surface area contributed by atoms with Crippen LogP contribution in [0, 0.1) is 0 Å². The molecule has 0 atom stereocenters. The van der Waals surface area contributed by atoms with Crippen LogP contribution >= 0.6 is 11.3 Å². The quantitative estimate of drug-likeness (QED) is 0.865. The predicted molar refractivity (Wildman–Crippen MR) is 61.1 cm³/mol. The van der Waals surface area contributed by atoms with Gasteiger partial charge in [0.25, 0.3) is 0 Å². The number of carbonyl (C=O) groups excluding carboxylic acids is 1. The van der Waals surface area contributed by atoms with Crippen molar-refractivity contribution >= 4 is 27.5 Å². The van der Waals surface area contributed by atoms with Crippen LogP contribution in [0.15, 0.2) is 29.6 Å². The van der Waals surface area contributed by atoms with Gasteiger partial charge >= 0.3 is 6.09 Å². The Morgan fingerprint density at radius 1 is 1.40 bits per heavy atom. The monoisotopic (exact) mass is 221 g/mol. The van der Waals surface area contributed by atoms with Crippen LogP contribution in [-0.4, -0.2) is 12.7 Å². The van der Waals surface area contributed by atoms with Crippen molar-refractivity contribution in [3.05, 3.63) is 35.2 Å². The van der Waals surface area contributed by atoms with Crippen molar-refractivity contribution in [2.24, 2.45) is 5.73 Å². The van der Waals surface area contributed by atoms with E-state index in [1.807, 2.05) is 12.1 Å². The number of primary amides is 1. The van der Waals surface area contributed by atoms with Crippen molar-refractivity contribution in [3.63, 3.8) is 0 Å². The van der Waals surface area contributed by atoms with Gasteiger partial charge in [0.15, 0.2) is 0 Å². The summed E-state index contributed by atoms with van der Waals surface area (Å²) in [5.74, 6) is 0. The smallest absolute Gasteiger partial charge is 0.404 e. The highest BCUT2D eigenvalue weighted by molar-refractivity contribution is 7.17. The van der Waals surface area contributed by atoms with Gasteiger partial charge in [-0.25, -0.2) is 4.79 Å². The summed E-state index contributed by atoms with van der Waals surface area (Å²) in [6, 6.07) is 8.18. The lowest BCUT2D eigenvalue weighted by molar-refractivity contribution is 0.158. The number of amides is 1. The van der Waals surface area contributed by atoms with Gasteiger partial charge in [-0.2, -0.15) is 0 Å². The second kappa shape index (κ2) is 4.31. The molecule has 15 heavy (non-hydrogen) atoms. The lowest BCUT2D eigenvalue weighted by atomic mass is 10.1. The molecule has 1 aromatic heterocycles. The Kier molecular flexibility index (Phi) is 2.87. The molecule has 0 unspecified atom stereocenters. The summed E-state index contributed by atoms with van der Waals surface area (Å²) >= 11 is 1.70. The van der Waals surface area contributed by atoms with E-state index in [1.165, 1.54) is 15.6 Å². The van der Waals surface area contributed by atoms with Crippen molar-refractivity contribution in [3.8, 4) is 0 Å². The first-order valence-electron chi connectivity index (χ1n) is 4.65. The summed E-state index contributed by atoms with van der Waals surface area (Å²) < 4.78 is 5.96. The van der Waals surface area contributed by atoms with Gasteiger partial charge in [-0.3, -0.25) is 0 Å². The lowest BCUT2D eigenvalue weighted by Crippen LogP contribution is -2.14. The van der Waals surface area contributed by atoms with Crippen molar-refractivity contribution in [1.29, 1.82) is 0 Å². The van der Waals surface area contributed by atoms with Gasteiger partial charge in [0.05, 0.1) is 6.61 Å². The van der Waals surface area contributed by atoms with Crippen LogP contribution in [0.4, 0.5) is 4.79 Å². The zero-order chi connectivity index (χ0) is 10.7. The van der Waals surface area contributed by atoms with E-state index < -0.39 is 6.09 Å². The third-order valence-corrected chi connectivity index (χ3v) is 3.19. The Labute approximate surface area is 91.5 Å². The van der Waals surface area contributed by atoms with E-state index in [-0.39, 0.29) is 0 Å². The molecule has 1 heterocycles. The fourth-order valence-electron chi connectivity index (χ4n) is 1.49. The molecule has 0 saturated heterocycles. The Morgan fingerprint density at radius 2 is 2.20 bits per heavy atom. The minimum absolute atomic E-state index is 0.343. The number of carbonyl (C=O) groups is 1. The topological polar surface area (TPSA) is 52.3 Å². The first kappa shape index (κ1) is 9.98. The summed E-state index contributed by atoms with van der Waals surface area (Å²) in [6.07, 6.45) is 0.00184. The minimum Gasteiger partial charge on any atom is -0.449 e. The van der Waals surface area contributed by atoms with Gasteiger partial charge in [-0.05, 0) is 22.4 Å². The molecule has 3 nitrogen and oxygen atoms in total. The molecule has 2 N–H and O–H groups in total. The molecule has 0 aliphatic rings. The third-order valence-electron chi connectivity index (χ3n) is 2.18. The van der Waals surface area contributed by atoms with Gasteiger partial charge in [0.2, 0.25) is 0 Å². The molecule has 0 fully saturated rings. The maximum absolute atomic E-state index is 10.4. The number of benzene rings is 1. The SMILES string of the molecule is NC(=O)OCCc1csc2ccccc12. The first-order valence-corrected chi connectivity index (χ1v) is 5.52. The minimum atomic E-state index is -0.713. The lowest BCUT2D eigenvalue weighted by Gasteiger charge is -2.00. The van der Waals surface area contributed by atoms with Gasteiger partial charge in [-0.15, -0.1) is 11.3 Å². The maximum atomic E-state index is 10.4. The largest absolute Gasteiger partial charge is 0.449 e. The highest BCUT2D eigenvalue weighted by Crippen LogP contribution is 2.25. The number of fused-ring (bicyclic) bond motifs is 1. The average molecular weight is 221 g/mol. The Morgan fingerprint density at radius 3 is 3.00 bits per heavy atom. The van der Waals surface area contributed by atoms with Gasteiger partial charge in [0, 0.05) is 11.1 Å². The van der Waals surface area contributed by atoms with Crippen LogP contribution in [0.25, 0.3) is 10.1 Å². The molecule has 0 aliphatic heterocycles. The van der Waals surface area contributed by atoms with Gasteiger partial charge in [-0.1, -0.05) is 18.2 Å². The van der Waals surface area contributed by atoms with E-state index in [0.29, 0.717) is 13.0 Å². The van der Waals surface area contributed by atoms with Crippen LogP contribution in [-0.2, 0) is 11.2 Å². The fourth-order valence-corrected chi connectivity index (χ4v) is 2.49. The third kappa shape index (κ3) is 2.27. The summed E-state index contributed by atoms with van der Waals surface area (Å²) in [6.45, 7) is 0.343. The first-order chi connectivity index (χ1) is 7.27.